The molecule has 5 nitrogen and oxygen atoms in total. The summed E-state index contributed by atoms with van der Waals surface area (Å²) in [5.41, 5.74) is 0.953. The highest BCUT2D eigenvalue weighted by Gasteiger charge is 2.28. The first-order valence-electron chi connectivity index (χ1n) is 7.62. The van der Waals surface area contributed by atoms with Gasteiger partial charge < -0.3 is 10.6 Å². The molecule has 2 N–H and O–H groups in total. The number of rotatable bonds is 5. The van der Waals surface area contributed by atoms with E-state index in [4.69, 9.17) is 23.2 Å². The van der Waals surface area contributed by atoms with Crippen LogP contribution >= 0.6 is 47.2 Å². The molecule has 0 spiro atoms. The van der Waals surface area contributed by atoms with Crippen molar-refractivity contribution in [2.24, 2.45) is 4.99 Å². The lowest BCUT2D eigenvalue weighted by molar-refractivity contribution is 0.558. The summed E-state index contributed by atoms with van der Waals surface area (Å²) in [7, 11) is -1.54. The maximum atomic E-state index is 12.1. The van der Waals surface area contributed by atoms with Crippen LogP contribution in [0, 0.1) is 0 Å². The first-order valence-corrected chi connectivity index (χ1v) is 10.0. The van der Waals surface area contributed by atoms with Crippen molar-refractivity contribution in [3.63, 3.8) is 0 Å². The third-order valence-electron chi connectivity index (χ3n) is 3.62. The summed E-state index contributed by atoms with van der Waals surface area (Å²) in [5, 5.41) is 7.21. The highest BCUT2D eigenvalue weighted by molar-refractivity contribution is 14.0. The Balaban J connectivity index is 0.00000576. The number of guanidine groups is 1. The first kappa shape index (κ1) is 24.8. The van der Waals surface area contributed by atoms with E-state index in [0.717, 1.165) is 5.56 Å². The predicted molar refractivity (Wildman–Crippen MR) is 118 cm³/mol. The monoisotopic (exact) mass is 521 g/mol. The van der Waals surface area contributed by atoms with Crippen LogP contribution in [0.4, 0.5) is 0 Å². The molecular formula is C16H26Cl2IN3O2S. The Morgan fingerprint density at radius 2 is 1.84 bits per heavy atom. The second-order valence-electron chi connectivity index (χ2n) is 6.47. The van der Waals surface area contributed by atoms with Gasteiger partial charge in [0.25, 0.3) is 0 Å². The van der Waals surface area contributed by atoms with Crippen molar-refractivity contribution < 1.29 is 8.42 Å². The van der Waals surface area contributed by atoms with Gasteiger partial charge in [-0.1, -0.05) is 29.3 Å². The summed E-state index contributed by atoms with van der Waals surface area (Å²) in [6, 6.07) is 5.34. The fourth-order valence-electron chi connectivity index (χ4n) is 1.87. The number of nitrogens with zero attached hydrogens (tertiary/aromatic N) is 1. The van der Waals surface area contributed by atoms with Crippen LogP contribution in [0.3, 0.4) is 0 Å². The zero-order valence-electron chi connectivity index (χ0n) is 15.1. The molecule has 0 amide bonds. The molecule has 0 saturated carbocycles. The van der Waals surface area contributed by atoms with E-state index in [1.807, 2.05) is 13.0 Å². The number of hydrogen-bond acceptors (Lipinski definition) is 3. The van der Waals surface area contributed by atoms with Crippen LogP contribution < -0.4 is 10.6 Å². The van der Waals surface area contributed by atoms with Gasteiger partial charge in [-0.25, -0.2) is 8.42 Å². The van der Waals surface area contributed by atoms with E-state index in [1.165, 1.54) is 0 Å². The normalized spacial score (nSPS) is 13.8. The molecule has 0 saturated heterocycles. The average Bonchev–Trinajstić information content (AvgIpc) is 2.47. The van der Waals surface area contributed by atoms with Crippen molar-refractivity contribution in [3.8, 4) is 0 Å². The quantitative estimate of drug-likeness (QED) is 0.348. The number of nitrogens with one attached hydrogen (secondary N) is 2. The zero-order chi connectivity index (χ0) is 18.5. The molecule has 0 aliphatic heterocycles. The molecule has 25 heavy (non-hydrogen) atoms. The summed E-state index contributed by atoms with van der Waals surface area (Å²) in [6.07, 6.45) is 0. The largest absolute Gasteiger partial charge is 0.355 e. The molecule has 1 unspecified atom stereocenters. The van der Waals surface area contributed by atoms with Crippen LogP contribution in [-0.2, 0) is 9.84 Å². The van der Waals surface area contributed by atoms with Crippen molar-refractivity contribution in [2.75, 3.05) is 19.3 Å². The van der Waals surface area contributed by atoms with Gasteiger partial charge >= 0.3 is 0 Å². The van der Waals surface area contributed by atoms with E-state index < -0.39 is 14.6 Å². The molecule has 1 aromatic rings. The highest BCUT2D eigenvalue weighted by atomic mass is 127. The average molecular weight is 522 g/mol. The van der Waals surface area contributed by atoms with Gasteiger partial charge in [0.2, 0.25) is 0 Å². The van der Waals surface area contributed by atoms with Gasteiger partial charge in [-0.05, 0) is 45.4 Å². The second-order valence-corrected chi connectivity index (χ2v) is 10.1. The molecule has 0 heterocycles. The summed E-state index contributed by atoms with van der Waals surface area (Å²) >= 11 is 12.0. The molecule has 0 aromatic heterocycles. The number of benzene rings is 1. The fraction of sp³-hybridized carbons (Fsp3) is 0.562. The minimum atomic E-state index is -3.17. The predicted octanol–water partition coefficient (Wildman–Crippen LogP) is 4.05. The summed E-state index contributed by atoms with van der Waals surface area (Å²) < 4.78 is 23.5. The maximum Gasteiger partial charge on any atom is 0.191 e. The Hall–Kier alpha value is -0.250. The molecule has 0 aliphatic rings. The maximum absolute atomic E-state index is 12.1. The van der Waals surface area contributed by atoms with E-state index >= 15 is 0 Å². The Labute approximate surface area is 177 Å². The topological polar surface area (TPSA) is 70.6 Å². The van der Waals surface area contributed by atoms with Gasteiger partial charge in [0.15, 0.2) is 15.8 Å². The van der Waals surface area contributed by atoms with Crippen molar-refractivity contribution >= 4 is 63.0 Å². The minimum absolute atomic E-state index is 0. The Kier molecular flexibility index (Phi) is 10.1. The van der Waals surface area contributed by atoms with E-state index in [1.54, 1.807) is 40.0 Å². The lowest BCUT2D eigenvalue weighted by atomic mass is 10.1. The lowest BCUT2D eigenvalue weighted by Crippen LogP contribution is -2.42. The van der Waals surface area contributed by atoms with Gasteiger partial charge in [-0.2, -0.15) is 0 Å². The van der Waals surface area contributed by atoms with Crippen molar-refractivity contribution in [2.45, 2.75) is 38.5 Å². The third-order valence-corrected chi connectivity index (χ3v) is 6.96. The first-order chi connectivity index (χ1) is 11.0. The van der Waals surface area contributed by atoms with Crippen LogP contribution in [0.5, 0.6) is 0 Å². The molecular weight excluding hydrogens is 496 g/mol. The molecule has 144 valence electrons. The van der Waals surface area contributed by atoms with E-state index in [0.29, 0.717) is 16.0 Å². The molecule has 9 heteroatoms. The molecule has 0 bridgehead atoms. The summed E-state index contributed by atoms with van der Waals surface area (Å²) in [6.45, 7) is 7.33. The molecule has 0 aliphatic carbocycles. The van der Waals surface area contributed by atoms with Gasteiger partial charge in [-0.3, -0.25) is 4.99 Å². The molecule has 1 rings (SSSR count). The van der Waals surface area contributed by atoms with Gasteiger partial charge in [0.05, 0.1) is 26.6 Å². The Bertz CT molecular complexity index is 704. The molecule has 1 aromatic carbocycles. The van der Waals surface area contributed by atoms with Crippen molar-refractivity contribution in [1.29, 1.82) is 0 Å². The van der Waals surface area contributed by atoms with Crippen LogP contribution in [0.2, 0.25) is 10.0 Å². The lowest BCUT2D eigenvalue weighted by Gasteiger charge is -2.21. The van der Waals surface area contributed by atoms with Gasteiger partial charge in [0.1, 0.15) is 0 Å². The number of hydrogen-bond donors (Lipinski definition) is 2. The van der Waals surface area contributed by atoms with Crippen LogP contribution in [-0.4, -0.2) is 38.5 Å². The third kappa shape index (κ3) is 7.48. The number of halogens is 3. The van der Waals surface area contributed by atoms with Crippen LogP contribution in [0.1, 0.15) is 39.3 Å². The number of sulfone groups is 1. The standard InChI is InChI=1S/C16H25Cl2N3O2S.HI/c1-11(12-6-7-13(17)14(18)10-12)21-15(19-5)20-8-9-24(22,23)16(2,3)4;/h6-7,10-11H,8-9H2,1-5H3,(H2,19,20,21);1H. The van der Waals surface area contributed by atoms with Crippen LogP contribution in [0.15, 0.2) is 23.2 Å². The minimum Gasteiger partial charge on any atom is -0.355 e. The van der Waals surface area contributed by atoms with Crippen molar-refractivity contribution in [3.05, 3.63) is 33.8 Å². The van der Waals surface area contributed by atoms with E-state index in [-0.39, 0.29) is 42.3 Å². The summed E-state index contributed by atoms with van der Waals surface area (Å²) in [5.74, 6) is 0.566. The molecule has 0 fully saturated rings. The van der Waals surface area contributed by atoms with E-state index in [2.05, 4.69) is 15.6 Å². The highest BCUT2D eigenvalue weighted by Crippen LogP contribution is 2.25. The Morgan fingerprint density at radius 3 is 2.32 bits per heavy atom. The van der Waals surface area contributed by atoms with Crippen LogP contribution in [0.25, 0.3) is 0 Å². The van der Waals surface area contributed by atoms with Gasteiger partial charge in [-0.15, -0.1) is 24.0 Å². The van der Waals surface area contributed by atoms with E-state index in [9.17, 15) is 8.42 Å². The van der Waals surface area contributed by atoms with Crippen molar-refractivity contribution in [1.82, 2.24) is 10.6 Å². The molecule has 1 atom stereocenters. The SMILES string of the molecule is CN=C(NCCS(=O)(=O)C(C)(C)C)NC(C)c1ccc(Cl)c(Cl)c1.I. The zero-order valence-corrected chi connectivity index (χ0v) is 19.7. The summed E-state index contributed by atoms with van der Waals surface area (Å²) in [4.78, 5) is 4.12. The number of aliphatic imine (C=N–C) groups is 1. The smallest absolute Gasteiger partial charge is 0.191 e. The molecule has 0 radical (unpaired) electrons. The fourth-order valence-corrected chi connectivity index (χ4v) is 3.16. The second kappa shape index (κ2) is 10.2. The van der Waals surface area contributed by atoms with Gasteiger partial charge in [0, 0.05) is 13.6 Å². The Morgan fingerprint density at radius 1 is 1.24 bits per heavy atom.